The molecule has 0 saturated carbocycles. The van der Waals surface area contributed by atoms with Crippen molar-refractivity contribution in [2.45, 2.75) is 38.8 Å². The average molecular weight is 325 g/mol. The van der Waals surface area contributed by atoms with Crippen molar-refractivity contribution in [1.82, 2.24) is 10.6 Å². The van der Waals surface area contributed by atoms with Crippen LogP contribution in [0.3, 0.4) is 0 Å². The van der Waals surface area contributed by atoms with E-state index in [-0.39, 0.29) is 18.5 Å². The smallest absolute Gasteiger partial charge is 0.408 e. The first-order valence-corrected chi connectivity index (χ1v) is 7.73. The summed E-state index contributed by atoms with van der Waals surface area (Å²) in [6.45, 7) is 5.08. The maximum atomic E-state index is 11.9. The van der Waals surface area contributed by atoms with Crippen molar-refractivity contribution >= 4 is 29.0 Å². The fraction of sp³-hybridized carbons (Fsp3) is 0.500. The second-order valence-corrected chi connectivity index (χ2v) is 6.85. The van der Waals surface area contributed by atoms with E-state index in [0.717, 1.165) is 10.4 Å². The van der Waals surface area contributed by atoms with Crippen LogP contribution < -0.4 is 10.6 Å². The highest BCUT2D eigenvalue weighted by atomic mass is 32.1. The number of alkyl carbamates (subject to hydrolysis) is 1. The van der Waals surface area contributed by atoms with E-state index in [4.69, 9.17) is 9.94 Å². The Kier molecular flexibility index (Phi) is 4.70. The number of oxime groups is 1. The third-order valence-corrected chi connectivity index (χ3v) is 3.96. The van der Waals surface area contributed by atoms with Gasteiger partial charge < -0.3 is 20.6 Å². The number of ether oxygens (including phenoxy) is 1. The molecule has 0 bridgehead atoms. The highest BCUT2D eigenvalue weighted by Crippen LogP contribution is 2.35. The SMILES string of the molecule is CC(C)(C)OC(=O)NCC(=O)NC1C/C(=N/O)c2sccc21. The van der Waals surface area contributed by atoms with E-state index in [1.54, 1.807) is 20.8 Å². The predicted octanol–water partition coefficient (Wildman–Crippen LogP) is 2.01. The molecule has 120 valence electrons. The van der Waals surface area contributed by atoms with Crippen LogP contribution in [0, 0.1) is 0 Å². The minimum Gasteiger partial charge on any atom is -0.444 e. The van der Waals surface area contributed by atoms with Gasteiger partial charge in [0.1, 0.15) is 12.1 Å². The van der Waals surface area contributed by atoms with Gasteiger partial charge in [-0.15, -0.1) is 11.3 Å². The molecule has 1 heterocycles. The zero-order chi connectivity index (χ0) is 16.3. The zero-order valence-corrected chi connectivity index (χ0v) is 13.5. The Balaban J connectivity index is 1.85. The van der Waals surface area contributed by atoms with Crippen molar-refractivity contribution in [1.29, 1.82) is 0 Å². The Bertz CT molecular complexity index is 603. The second-order valence-electron chi connectivity index (χ2n) is 5.93. The summed E-state index contributed by atoms with van der Waals surface area (Å²) < 4.78 is 5.06. The van der Waals surface area contributed by atoms with Gasteiger partial charge in [0.15, 0.2) is 0 Å². The molecule has 22 heavy (non-hydrogen) atoms. The largest absolute Gasteiger partial charge is 0.444 e. The van der Waals surface area contributed by atoms with Gasteiger partial charge in [-0.3, -0.25) is 4.79 Å². The van der Waals surface area contributed by atoms with Gasteiger partial charge in [0.2, 0.25) is 5.91 Å². The number of nitrogens with zero attached hydrogens (tertiary/aromatic N) is 1. The summed E-state index contributed by atoms with van der Waals surface area (Å²) >= 11 is 1.47. The van der Waals surface area contributed by atoms with Gasteiger partial charge in [0.25, 0.3) is 0 Å². The predicted molar refractivity (Wildman–Crippen MR) is 82.4 cm³/mol. The van der Waals surface area contributed by atoms with E-state index >= 15 is 0 Å². The van der Waals surface area contributed by atoms with Crippen LogP contribution in [0.25, 0.3) is 0 Å². The van der Waals surface area contributed by atoms with E-state index in [2.05, 4.69) is 15.8 Å². The molecule has 0 spiro atoms. The Morgan fingerprint density at radius 1 is 1.50 bits per heavy atom. The van der Waals surface area contributed by atoms with Crippen molar-refractivity contribution in [2.75, 3.05) is 6.54 Å². The number of amides is 2. The van der Waals surface area contributed by atoms with Crippen molar-refractivity contribution in [2.24, 2.45) is 5.16 Å². The van der Waals surface area contributed by atoms with Crippen LogP contribution >= 0.6 is 11.3 Å². The normalized spacial score (nSPS) is 18.9. The lowest BCUT2D eigenvalue weighted by atomic mass is 10.2. The molecule has 1 atom stereocenters. The second kappa shape index (κ2) is 6.35. The standard InChI is InChI=1S/C14H19N3O4S/c1-14(2,3)21-13(19)15-7-11(18)16-9-6-10(17-20)12-8(9)4-5-22-12/h4-5,9,20H,6-7H2,1-3H3,(H,15,19)(H,16,18)/b17-10-. The number of hydrogen-bond acceptors (Lipinski definition) is 6. The van der Waals surface area contributed by atoms with E-state index < -0.39 is 11.7 Å². The monoisotopic (exact) mass is 325 g/mol. The molecule has 2 rings (SSSR count). The first-order valence-electron chi connectivity index (χ1n) is 6.85. The fourth-order valence-corrected chi connectivity index (χ4v) is 3.11. The number of fused-ring (bicyclic) bond motifs is 1. The molecule has 0 aliphatic heterocycles. The highest BCUT2D eigenvalue weighted by Gasteiger charge is 2.30. The van der Waals surface area contributed by atoms with Crippen LogP contribution in [0.2, 0.25) is 0 Å². The molecule has 0 fully saturated rings. The Morgan fingerprint density at radius 3 is 2.86 bits per heavy atom. The third-order valence-electron chi connectivity index (χ3n) is 2.98. The maximum Gasteiger partial charge on any atom is 0.408 e. The molecule has 1 unspecified atom stereocenters. The number of hydrogen-bond donors (Lipinski definition) is 3. The third kappa shape index (κ3) is 3.97. The summed E-state index contributed by atoms with van der Waals surface area (Å²) in [6, 6.07) is 1.66. The lowest BCUT2D eigenvalue weighted by Gasteiger charge is -2.20. The van der Waals surface area contributed by atoms with Crippen molar-refractivity contribution in [3.63, 3.8) is 0 Å². The molecule has 1 aromatic rings. The number of carbonyl (C=O) groups excluding carboxylic acids is 2. The van der Waals surface area contributed by atoms with Gasteiger partial charge in [-0.1, -0.05) is 5.16 Å². The molecule has 1 aliphatic rings. The minimum absolute atomic E-state index is 0.170. The summed E-state index contributed by atoms with van der Waals surface area (Å²) in [5, 5.41) is 19.3. The topological polar surface area (TPSA) is 100 Å². The summed E-state index contributed by atoms with van der Waals surface area (Å²) in [5.74, 6) is -0.327. The molecule has 0 saturated heterocycles. The van der Waals surface area contributed by atoms with Crippen molar-refractivity contribution in [3.8, 4) is 0 Å². The number of rotatable bonds is 3. The quantitative estimate of drug-likeness (QED) is 0.584. The van der Waals surface area contributed by atoms with E-state index in [1.807, 2.05) is 11.4 Å². The van der Waals surface area contributed by atoms with Crippen molar-refractivity contribution in [3.05, 3.63) is 21.9 Å². The van der Waals surface area contributed by atoms with Gasteiger partial charge in [0, 0.05) is 6.42 Å². The number of thiophene rings is 1. The van der Waals surface area contributed by atoms with Crippen molar-refractivity contribution < 1.29 is 19.5 Å². The molecule has 0 radical (unpaired) electrons. The average Bonchev–Trinajstić information content (AvgIpc) is 2.98. The molecule has 3 N–H and O–H groups in total. The lowest BCUT2D eigenvalue weighted by molar-refractivity contribution is -0.121. The van der Waals surface area contributed by atoms with Crippen LogP contribution in [-0.2, 0) is 9.53 Å². The van der Waals surface area contributed by atoms with E-state index in [1.165, 1.54) is 11.3 Å². The van der Waals surface area contributed by atoms with Gasteiger partial charge in [0.05, 0.1) is 16.6 Å². The molecule has 2 amide bonds. The molecule has 0 aromatic carbocycles. The lowest BCUT2D eigenvalue weighted by Crippen LogP contribution is -2.40. The summed E-state index contributed by atoms with van der Waals surface area (Å²) in [5.41, 5.74) is 0.892. The first kappa shape index (κ1) is 16.3. The van der Waals surface area contributed by atoms with Gasteiger partial charge in [-0.25, -0.2) is 4.79 Å². The minimum atomic E-state index is -0.636. The first-order chi connectivity index (χ1) is 10.3. The van der Waals surface area contributed by atoms with Crippen LogP contribution in [0.1, 0.15) is 43.7 Å². The molecule has 7 nitrogen and oxygen atoms in total. The van der Waals surface area contributed by atoms with Crippen LogP contribution in [-0.4, -0.2) is 35.1 Å². The van der Waals surface area contributed by atoms with E-state index in [9.17, 15) is 9.59 Å². The summed E-state index contributed by atoms with van der Waals surface area (Å²) in [4.78, 5) is 24.3. The van der Waals surface area contributed by atoms with Crippen LogP contribution in [0.15, 0.2) is 16.6 Å². The molecule has 8 heteroatoms. The summed E-state index contributed by atoms with van der Waals surface area (Å²) in [6.07, 6.45) is -0.195. The van der Waals surface area contributed by atoms with Gasteiger partial charge in [-0.2, -0.15) is 0 Å². The molecule has 1 aliphatic carbocycles. The Hall–Kier alpha value is -2.09. The number of nitrogens with one attached hydrogen (secondary N) is 2. The zero-order valence-electron chi connectivity index (χ0n) is 12.7. The van der Waals surface area contributed by atoms with Crippen LogP contribution in [0.5, 0.6) is 0 Å². The fourth-order valence-electron chi connectivity index (χ4n) is 2.15. The van der Waals surface area contributed by atoms with Gasteiger partial charge >= 0.3 is 6.09 Å². The van der Waals surface area contributed by atoms with E-state index in [0.29, 0.717) is 12.1 Å². The number of carbonyl (C=O) groups is 2. The Labute approximate surface area is 132 Å². The maximum absolute atomic E-state index is 11.9. The highest BCUT2D eigenvalue weighted by molar-refractivity contribution is 7.12. The Morgan fingerprint density at radius 2 is 2.23 bits per heavy atom. The van der Waals surface area contributed by atoms with Gasteiger partial charge in [-0.05, 0) is 37.8 Å². The van der Waals surface area contributed by atoms with Crippen LogP contribution in [0.4, 0.5) is 4.79 Å². The molecule has 1 aromatic heterocycles. The molecular formula is C14H19N3O4S. The summed E-state index contributed by atoms with van der Waals surface area (Å²) in [7, 11) is 0. The molecular weight excluding hydrogens is 306 g/mol.